The molecule has 2 fully saturated rings. The smallest absolute Gasteiger partial charge is 0.404 e. The molecule has 7 N–H and O–H groups in total. The largest absolute Gasteiger partial charge is 0.490 e. The molecule has 1 amide bonds. The molecular formula is C44H73NO14. The van der Waals surface area contributed by atoms with Crippen molar-refractivity contribution in [2.75, 3.05) is 14.2 Å². The van der Waals surface area contributed by atoms with Crippen molar-refractivity contribution >= 4 is 12.1 Å². The number of allylic oxidation sites excluding steroid dienone is 5. The fourth-order valence-electron chi connectivity index (χ4n) is 8.71. The number of amides is 1. The standard InChI is InChI=1S/C44H73NO14/c1-13-31-37(47)24(4)17-22(2)15-14-16-33(53-11)40(57-42(50)34(54-12)19-23(3)18-25(5)38(31)48)27(7)39(49)28(8)44(52)21-35(26(6)29(9)59-44)56-36-20-32(46)41(30(10)55-36)58-43(45)51/h14-16,18-19,24-33,35-41,46-49,52H,13,17,20-21H2,1-12H3,(H2,45,51)/b16-14+,22-15+,23-18+,34-19-/t24-,25+,26-,27-,28+,29-,30-,31-,32+,33+,35+,36-,37+,38-,39+,40+,41+,44-/m1/s1. The predicted molar refractivity (Wildman–Crippen MR) is 219 cm³/mol. The monoisotopic (exact) mass is 840 g/mol. The minimum Gasteiger partial charge on any atom is -0.490 e. The summed E-state index contributed by atoms with van der Waals surface area (Å²) in [6.07, 6.45) is -1.05. The molecule has 3 aliphatic rings. The Kier molecular flexibility index (Phi) is 19.1. The van der Waals surface area contributed by atoms with Crippen molar-refractivity contribution in [1.82, 2.24) is 0 Å². The van der Waals surface area contributed by atoms with Gasteiger partial charge < -0.3 is 64.4 Å². The number of hydrogen-bond donors (Lipinski definition) is 6. The minimum atomic E-state index is -1.92. The number of ether oxygens (including phenoxy) is 7. The number of aliphatic hydroxyl groups excluding tert-OH is 4. The van der Waals surface area contributed by atoms with Gasteiger partial charge in [0.25, 0.3) is 0 Å². The molecule has 0 aliphatic carbocycles. The Morgan fingerprint density at radius 3 is 2.29 bits per heavy atom. The summed E-state index contributed by atoms with van der Waals surface area (Å²) in [7, 11) is 2.81. The molecule has 338 valence electrons. The van der Waals surface area contributed by atoms with E-state index in [2.05, 4.69) is 0 Å². The Labute approximate surface area is 350 Å². The number of hydrogen-bond acceptors (Lipinski definition) is 14. The number of carbonyl (C=O) groups is 2. The number of cyclic esters (lactones) is 1. The van der Waals surface area contributed by atoms with Gasteiger partial charge in [0.2, 0.25) is 5.76 Å². The topological polar surface area (TPSA) is 226 Å². The maximum absolute atomic E-state index is 13.9. The van der Waals surface area contributed by atoms with Crippen LogP contribution in [0.25, 0.3) is 0 Å². The number of aliphatic hydroxyl groups is 5. The number of primary amides is 1. The van der Waals surface area contributed by atoms with E-state index in [0.717, 1.165) is 5.57 Å². The number of esters is 1. The molecule has 18 atom stereocenters. The van der Waals surface area contributed by atoms with E-state index in [-0.39, 0.29) is 42.3 Å². The van der Waals surface area contributed by atoms with Gasteiger partial charge in [-0.15, -0.1) is 0 Å². The van der Waals surface area contributed by atoms with Crippen LogP contribution in [0, 0.1) is 35.5 Å². The third kappa shape index (κ3) is 13.1. The van der Waals surface area contributed by atoms with Crippen LogP contribution < -0.4 is 5.73 Å². The molecule has 0 unspecified atom stereocenters. The van der Waals surface area contributed by atoms with Crippen molar-refractivity contribution in [3.8, 4) is 0 Å². The summed E-state index contributed by atoms with van der Waals surface area (Å²) < 4.78 is 41.0. The fraction of sp³-hybridized carbons (Fsp3) is 0.773. The van der Waals surface area contributed by atoms with Crippen LogP contribution in [0.5, 0.6) is 0 Å². The van der Waals surface area contributed by atoms with E-state index >= 15 is 0 Å². The number of carbonyl (C=O) groups excluding carboxylic acids is 2. The zero-order valence-corrected chi connectivity index (χ0v) is 37.0. The zero-order chi connectivity index (χ0) is 44.5. The Balaban J connectivity index is 1.96. The molecule has 0 saturated carbocycles. The van der Waals surface area contributed by atoms with Gasteiger partial charge in [-0.05, 0) is 52.5 Å². The third-order valence-corrected chi connectivity index (χ3v) is 12.7. The van der Waals surface area contributed by atoms with Gasteiger partial charge in [-0.1, -0.05) is 77.0 Å². The van der Waals surface area contributed by atoms with E-state index in [9.17, 15) is 35.1 Å². The maximum atomic E-state index is 13.9. The second-order valence-corrected chi connectivity index (χ2v) is 17.2. The summed E-state index contributed by atoms with van der Waals surface area (Å²) in [5.41, 5.74) is 6.77. The highest BCUT2D eigenvalue weighted by atomic mass is 16.7. The van der Waals surface area contributed by atoms with E-state index in [1.165, 1.54) is 20.3 Å². The van der Waals surface area contributed by atoms with E-state index in [1.807, 2.05) is 46.8 Å². The summed E-state index contributed by atoms with van der Waals surface area (Å²) in [5.74, 6) is -5.80. The van der Waals surface area contributed by atoms with Crippen LogP contribution in [-0.4, -0.2) is 125 Å². The Morgan fingerprint density at radius 1 is 1.05 bits per heavy atom. The average Bonchev–Trinajstić information content (AvgIpc) is 3.16. The Bertz CT molecular complexity index is 1490. The molecular weight excluding hydrogens is 766 g/mol. The zero-order valence-electron chi connectivity index (χ0n) is 37.0. The van der Waals surface area contributed by atoms with Crippen molar-refractivity contribution in [2.24, 2.45) is 41.2 Å². The highest BCUT2D eigenvalue weighted by Gasteiger charge is 2.52. The molecule has 15 nitrogen and oxygen atoms in total. The Morgan fingerprint density at radius 2 is 1.71 bits per heavy atom. The minimum absolute atomic E-state index is 0.0173. The van der Waals surface area contributed by atoms with Crippen molar-refractivity contribution in [1.29, 1.82) is 0 Å². The molecule has 0 spiro atoms. The van der Waals surface area contributed by atoms with Crippen molar-refractivity contribution < 1.29 is 68.3 Å². The summed E-state index contributed by atoms with van der Waals surface area (Å²) in [6.45, 7) is 18.1. The first-order valence-corrected chi connectivity index (χ1v) is 21.0. The van der Waals surface area contributed by atoms with Crippen LogP contribution in [0.3, 0.4) is 0 Å². The average molecular weight is 840 g/mol. The highest BCUT2D eigenvalue weighted by molar-refractivity contribution is 5.87. The van der Waals surface area contributed by atoms with Gasteiger partial charge in [0, 0.05) is 49.5 Å². The summed E-state index contributed by atoms with van der Waals surface area (Å²) >= 11 is 0. The summed E-state index contributed by atoms with van der Waals surface area (Å²) in [6, 6.07) is 0. The normalized spacial score (nSPS) is 43.1. The van der Waals surface area contributed by atoms with E-state index in [4.69, 9.17) is 38.9 Å². The third-order valence-electron chi connectivity index (χ3n) is 12.7. The van der Waals surface area contributed by atoms with Gasteiger partial charge >= 0.3 is 12.1 Å². The Hall–Kier alpha value is -2.86. The van der Waals surface area contributed by atoms with Gasteiger partial charge in [0.15, 0.2) is 18.2 Å². The predicted octanol–water partition coefficient (Wildman–Crippen LogP) is 4.43. The SMILES string of the molecule is CC[C@@H]1[C@@H](O)[C@H](C)C/C(C)=C/C=C/[C@H](OC)[C@H]([C@H](C)[C@H](O)[C@H](C)[C@@]2(O)C[C@H](O[C@@H]3C[C@H](O)[C@@H](OC(N)=O)[C@@H](C)O3)[C@H](C)[C@@H](C)O2)OC(=O)/C(OC)=C/C(C)=C/[C@H](C)[C@H]1O. The molecule has 0 bridgehead atoms. The molecule has 15 heteroatoms. The maximum Gasteiger partial charge on any atom is 0.404 e. The fourth-order valence-corrected chi connectivity index (χ4v) is 8.71. The second kappa shape index (κ2) is 22.3. The van der Waals surface area contributed by atoms with Crippen molar-refractivity contribution in [3.05, 3.63) is 47.3 Å². The van der Waals surface area contributed by atoms with Crippen LogP contribution in [0.15, 0.2) is 47.3 Å². The van der Waals surface area contributed by atoms with Crippen molar-refractivity contribution in [2.45, 2.75) is 168 Å². The van der Waals surface area contributed by atoms with Crippen molar-refractivity contribution in [3.63, 3.8) is 0 Å². The molecule has 3 heterocycles. The van der Waals surface area contributed by atoms with Gasteiger partial charge in [-0.3, -0.25) is 0 Å². The van der Waals surface area contributed by atoms with Gasteiger partial charge in [-0.2, -0.15) is 0 Å². The highest BCUT2D eigenvalue weighted by Crippen LogP contribution is 2.42. The van der Waals surface area contributed by atoms with Gasteiger partial charge in [-0.25, -0.2) is 9.59 Å². The van der Waals surface area contributed by atoms with E-state index < -0.39 is 97.0 Å². The van der Waals surface area contributed by atoms with Crippen LogP contribution in [0.2, 0.25) is 0 Å². The molecule has 0 aromatic carbocycles. The lowest BCUT2D eigenvalue weighted by Gasteiger charge is -2.49. The molecule has 0 radical (unpaired) electrons. The molecule has 0 aromatic heterocycles. The number of rotatable bonds is 10. The molecule has 59 heavy (non-hydrogen) atoms. The van der Waals surface area contributed by atoms with Crippen LogP contribution in [0.1, 0.15) is 94.9 Å². The van der Waals surface area contributed by atoms with Gasteiger partial charge in [0.05, 0.1) is 49.8 Å². The lowest BCUT2D eigenvalue weighted by atomic mass is 9.77. The van der Waals surface area contributed by atoms with E-state index in [1.54, 1.807) is 46.8 Å². The second-order valence-electron chi connectivity index (χ2n) is 17.2. The first-order valence-electron chi connectivity index (χ1n) is 21.0. The van der Waals surface area contributed by atoms with E-state index in [0.29, 0.717) is 18.4 Å². The lowest BCUT2D eigenvalue weighted by Crippen LogP contribution is -2.59. The first-order chi connectivity index (χ1) is 27.6. The lowest BCUT2D eigenvalue weighted by molar-refractivity contribution is -0.343. The molecule has 2 saturated heterocycles. The van der Waals surface area contributed by atoms with Crippen LogP contribution >= 0.6 is 0 Å². The first kappa shape index (κ1) is 50.5. The van der Waals surface area contributed by atoms with Crippen LogP contribution in [-0.2, 0) is 38.0 Å². The number of nitrogens with two attached hydrogens (primary N) is 1. The van der Waals surface area contributed by atoms with Crippen LogP contribution in [0.4, 0.5) is 4.79 Å². The number of methoxy groups -OCH3 is 2. The summed E-state index contributed by atoms with van der Waals surface area (Å²) in [5, 5.41) is 57.6. The molecule has 3 rings (SSSR count). The van der Waals surface area contributed by atoms with Gasteiger partial charge in [0.1, 0.15) is 12.2 Å². The summed E-state index contributed by atoms with van der Waals surface area (Å²) in [4.78, 5) is 25.2. The quantitative estimate of drug-likeness (QED) is 0.168. The molecule has 0 aromatic rings. The molecule has 3 aliphatic heterocycles.